The van der Waals surface area contributed by atoms with E-state index in [1.165, 1.54) is 22.8 Å². The maximum absolute atomic E-state index is 13.7. The SMILES string of the molecule is C.O=C(Nc1cnccc1N1CCNCC1)c1csc(-n2c(=O)[nH]c3ccc(F)cc32)n1. The molecule has 5 rings (SSSR count). The van der Waals surface area contributed by atoms with Crippen LogP contribution in [-0.2, 0) is 0 Å². The Balaban J connectivity index is 0.00000245. The number of pyridine rings is 1. The molecular formula is C21H22FN7O2S. The highest BCUT2D eigenvalue weighted by Crippen LogP contribution is 2.26. The van der Waals surface area contributed by atoms with Gasteiger partial charge >= 0.3 is 5.69 Å². The summed E-state index contributed by atoms with van der Waals surface area (Å²) in [7, 11) is 0. The zero-order chi connectivity index (χ0) is 21.4. The molecule has 0 saturated carbocycles. The minimum Gasteiger partial charge on any atom is -0.367 e. The predicted octanol–water partition coefficient (Wildman–Crippen LogP) is 2.61. The maximum Gasteiger partial charge on any atom is 0.332 e. The number of nitrogens with zero attached hydrogens (tertiary/aromatic N) is 4. The summed E-state index contributed by atoms with van der Waals surface area (Å²) >= 11 is 1.13. The third-order valence-electron chi connectivity index (χ3n) is 5.07. The van der Waals surface area contributed by atoms with Gasteiger partial charge < -0.3 is 20.5 Å². The van der Waals surface area contributed by atoms with Gasteiger partial charge in [-0.1, -0.05) is 7.43 Å². The van der Waals surface area contributed by atoms with Gasteiger partial charge in [0.1, 0.15) is 11.5 Å². The van der Waals surface area contributed by atoms with Gasteiger partial charge in [0, 0.05) is 43.8 Å². The number of rotatable bonds is 4. The first kappa shape index (κ1) is 21.7. The molecule has 1 amide bonds. The van der Waals surface area contributed by atoms with Crippen molar-refractivity contribution in [3.63, 3.8) is 0 Å². The lowest BCUT2D eigenvalue weighted by Gasteiger charge is -2.30. The number of fused-ring (bicyclic) bond motifs is 1. The van der Waals surface area contributed by atoms with Crippen molar-refractivity contribution in [2.45, 2.75) is 7.43 Å². The molecule has 1 aromatic carbocycles. The van der Waals surface area contributed by atoms with Crippen molar-refractivity contribution in [3.05, 3.63) is 64.0 Å². The van der Waals surface area contributed by atoms with E-state index in [4.69, 9.17) is 0 Å². The molecule has 0 aliphatic carbocycles. The number of aromatic amines is 1. The average molecular weight is 456 g/mol. The number of imidazole rings is 1. The summed E-state index contributed by atoms with van der Waals surface area (Å²) in [6.07, 6.45) is 3.30. The van der Waals surface area contributed by atoms with Crippen molar-refractivity contribution in [1.29, 1.82) is 0 Å². The highest BCUT2D eigenvalue weighted by atomic mass is 32.1. The Bertz CT molecular complexity index is 1320. The Labute approximate surface area is 186 Å². The van der Waals surface area contributed by atoms with Crippen molar-refractivity contribution >= 4 is 39.7 Å². The summed E-state index contributed by atoms with van der Waals surface area (Å²) in [5.74, 6) is -0.877. The van der Waals surface area contributed by atoms with Crippen LogP contribution in [0.15, 0.2) is 46.8 Å². The van der Waals surface area contributed by atoms with E-state index < -0.39 is 17.4 Å². The minimum absolute atomic E-state index is 0. The standard InChI is InChI=1S/C20H18FN7O2S.CH4/c21-12-1-2-13-17(9-12)28(19(30)25-13)20-26-15(11-31-20)18(29)24-14-10-23-4-3-16(14)27-7-5-22-6-8-27;/h1-4,9-11,22H,5-8H2,(H,24,29)(H,25,30);1H4. The predicted molar refractivity (Wildman–Crippen MR) is 124 cm³/mol. The second kappa shape index (κ2) is 8.89. The first-order valence-electron chi connectivity index (χ1n) is 9.67. The Kier molecular flexibility index (Phi) is 6.01. The van der Waals surface area contributed by atoms with Gasteiger partial charge in [0.25, 0.3) is 5.91 Å². The van der Waals surface area contributed by atoms with Crippen molar-refractivity contribution in [2.75, 3.05) is 36.4 Å². The van der Waals surface area contributed by atoms with E-state index in [2.05, 4.69) is 30.5 Å². The molecule has 166 valence electrons. The van der Waals surface area contributed by atoms with Gasteiger partial charge in [-0.15, -0.1) is 11.3 Å². The van der Waals surface area contributed by atoms with Crippen LogP contribution in [0.1, 0.15) is 17.9 Å². The number of hydrogen-bond acceptors (Lipinski definition) is 7. The highest BCUT2D eigenvalue weighted by Gasteiger charge is 2.19. The smallest absolute Gasteiger partial charge is 0.332 e. The number of halogens is 1. The minimum atomic E-state index is -0.466. The number of hydrogen-bond donors (Lipinski definition) is 3. The van der Waals surface area contributed by atoms with Gasteiger partial charge in [-0.2, -0.15) is 0 Å². The fourth-order valence-corrected chi connectivity index (χ4v) is 4.40. The number of benzene rings is 1. The van der Waals surface area contributed by atoms with Gasteiger partial charge in [-0.25, -0.2) is 18.7 Å². The van der Waals surface area contributed by atoms with E-state index in [9.17, 15) is 14.0 Å². The number of carbonyl (C=O) groups excluding carboxylic acids is 1. The van der Waals surface area contributed by atoms with Gasteiger partial charge in [-0.05, 0) is 18.2 Å². The molecule has 32 heavy (non-hydrogen) atoms. The summed E-state index contributed by atoms with van der Waals surface area (Å²) in [6.45, 7) is 3.39. The van der Waals surface area contributed by atoms with Gasteiger partial charge in [0.05, 0.1) is 28.6 Å². The van der Waals surface area contributed by atoms with Crippen molar-refractivity contribution < 1.29 is 9.18 Å². The summed E-state index contributed by atoms with van der Waals surface area (Å²) in [6, 6.07) is 5.88. The van der Waals surface area contributed by atoms with Gasteiger partial charge in [-0.3, -0.25) is 9.78 Å². The maximum atomic E-state index is 13.7. The molecule has 3 aromatic heterocycles. The van der Waals surface area contributed by atoms with Gasteiger partial charge in [0.2, 0.25) is 0 Å². The Morgan fingerprint density at radius 3 is 2.84 bits per heavy atom. The second-order valence-corrected chi connectivity index (χ2v) is 7.86. The summed E-state index contributed by atoms with van der Waals surface area (Å²) in [5, 5.41) is 8.01. The van der Waals surface area contributed by atoms with Crippen LogP contribution >= 0.6 is 11.3 Å². The Morgan fingerprint density at radius 1 is 1.22 bits per heavy atom. The zero-order valence-electron chi connectivity index (χ0n) is 16.3. The second-order valence-electron chi connectivity index (χ2n) is 7.03. The molecule has 1 aliphatic heterocycles. The number of H-pyrrole nitrogens is 1. The Hall–Kier alpha value is -3.57. The van der Waals surface area contributed by atoms with E-state index in [1.807, 2.05) is 6.07 Å². The lowest BCUT2D eigenvalue weighted by atomic mass is 10.2. The number of thiazole rings is 1. The number of piperazine rings is 1. The molecule has 1 saturated heterocycles. The van der Waals surface area contributed by atoms with E-state index in [-0.39, 0.29) is 18.3 Å². The largest absolute Gasteiger partial charge is 0.367 e. The highest BCUT2D eigenvalue weighted by molar-refractivity contribution is 7.12. The molecule has 3 N–H and O–H groups in total. The average Bonchev–Trinajstić information content (AvgIpc) is 3.38. The normalized spacial score (nSPS) is 13.7. The van der Waals surface area contributed by atoms with Crippen LogP contribution in [0.2, 0.25) is 0 Å². The van der Waals surface area contributed by atoms with Crippen LogP contribution in [0.5, 0.6) is 0 Å². The first-order valence-corrected chi connectivity index (χ1v) is 10.6. The molecule has 0 spiro atoms. The molecule has 4 heterocycles. The molecular weight excluding hydrogens is 433 g/mol. The van der Waals surface area contributed by atoms with E-state index in [0.717, 1.165) is 43.2 Å². The summed E-state index contributed by atoms with van der Waals surface area (Å²) in [4.78, 5) is 38.5. The van der Waals surface area contributed by atoms with E-state index in [1.54, 1.807) is 17.8 Å². The van der Waals surface area contributed by atoms with Crippen LogP contribution in [0.3, 0.4) is 0 Å². The van der Waals surface area contributed by atoms with E-state index in [0.29, 0.717) is 16.7 Å². The van der Waals surface area contributed by atoms with Crippen LogP contribution < -0.4 is 21.2 Å². The molecule has 4 aromatic rings. The quantitative estimate of drug-likeness (QED) is 0.437. The number of nitrogens with one attached hydrogen (secondary N) is 3. The first-order chi connectivity index (χ1) is 15.1. The van der Waals surface area contributed by atoms with Crippen LogP contribution in [0.4, 0.5) is 15.8 Å². The number of aromatic nitrogens is 4. The van der Waals surface area contributed by atoms with E-state index >= 15 is 0 Å². The van der Waals surface area contributed by atoms with Crippen LogP contribution in [0, 0.1) is 5.82 Å². The van der Waals surface area contributed by atoms with Crippen LogP contribution in [-0.4, -0.2) is 51.6 Å². The number of amides is 1. The molecule has 1 fully saturated rings. The lowest BCUT2D eigenvalue weighted by molar-refractivity contribution is 0.102. The number of anilines is 2. The fourth-order valence-electron chi connectivity index (χ4n) is 3.59. The lowest BCUT2D eigenvalue weighted by Crippen LogP contribution is -2.43. The van der Waals surface area contributed by atoms with Crippen LogP contribution in [0.25, 0.3) is 16.2 Å². The summed E-state index contributed by atoms with van der Waals surface area (Å²) in [5.41, 5.74) is 2.05. The summed E-state index contributed by atoms with van der Waals surface area (Å²) < 4.78 is 14.9. The van der Waals surface area contributed by atoms with Crippen molar-refractivity contribution in [2.24, 2.45) is 0 Å². The topological polar surface area (TPSA) is 108 Å². The number of carbonyl (C=O) groups is 1. The van der Waals surface area contributed by atoms with Crippen molar-refractivity contribution in [3.8, 4) is 5.13 Å². The van der Waals surface area contributed by atoms with Crippen molar-refractivity contribution in [1.82, 2.24) is 24.8 Å². The molecule has 9 nitrogen and oxygen atoms in total. The zero-order valence-corrected chi connectivity index (χ0v) is 17.1. The third-order valence-corrected chi connectivity index (χ3v) is 5.89. The molecule has 0 radical (unpaired) electrons. The Morgan fingerprint density at radius 2 is 2.03 bits per heavy atom. The fraction of sp³-hybridized carbons (Fsp3) is 0.238. The molecule has 1 aliphatic rings. The molecule has 0 unspecified atom stereocenters. The molecule has 0 bridgehead atoms. The third kappa shape index (κ3) is 3.99. The molecule has 0 atom stereocenters. The van der Waals surface area contributed by atoms with Gasteiger partial charge in [0.15, 0.2) is 5.13 Å². The monoisotopic (exact) mass is 455 g/mol. The molecule has 11 heteroatoms.